The first-order valence-corrected chi connectivity index (χ1v) is 6.83. The third-order valence-corrected chi connectivity index (χ3v) is 3.02. The molecule has 0 fully saturated rings. The smallest absolute Gasteiger partial charge is 0.387 e. The molecule has 0 atom stereocenters. The van der Waals surface area contributed by atoms with Gasteiger partial charge in [-0.05, 0) is 18.2 Å². The zero-order valence-corrected chi connectivity index (χ0v) is 12.2. The van der Waals surface area contributed by atoms with Crippen LogP contribution in [0.2, 0.25) is 5.02 Å². The normalized spacial score (nSPS) is 11.1. The molecular weight excluding hydrogens is 302 g/mol. The summed E-state index contributed by atoms with van der Waals surface area (Å²) in [7, 11) is 0. The average Bonchev–Trinajstić information content (AvgIpc) is 2.89. The maximum atomic E-state index is 12.3. The van der Waals surface area contributed by atoms with Crippen molar-refractivity contribution in [2.75, 3.05) is 0 Å². The number of nitrogens with zero attached hydrogens (tertiary/aromatic N) is 1. The summed E-state index contributed by atoms with van der Waals surface area (Å²) >= 11 is 5.87. The molecule has 2 aromatic rings. The molecule has 0 aliphatic heterocycles. The van der Waals surface area contributed by atoms with E-state index in [-0.39, 0.29) is 5.75 Å². The van der Waals surface area contributed by atoms with Crippen LogP contribution in [0.5, 0.6) is 5.75 Å². The molecule has 7 heteroatoms. The molecule has 0 aliphatic carbocycles. The lowest BCUT2D eigenvalue weighted by Crippen LogP contribution is -2.14. The van der Waals surface area contributed by atoms with E-state index >= 15 is 0 Å². The Morgan fingerprint density at radius 3 is 2.86 bits per heavy atom. The summed E-state index contributed by atoms with van der Waals surface area (Å²) in [6.07, 6.45) is 2.44. The van der Waals surface area contributed by atoms with Crippen LogP contribution in [0.25, 0.3) is 0 Å². The molecule has 114 valence electrons. The summed E-state index contributed by atoms with van der Waals surface area (Å²) in [6.45, 7) is -0.200. The lowest BCUT2D eigenvalue weighted by Gasteiger charge is -2.11. The Bertz CT molecular complexity index is 590. The van der Waals surface area contributed by atoms with Gasteiger partial charge in [-0.15, -0.1) is 0 Å². The Morgan fingerprint density at radius 2 is 2.19 bits per heavy atom. The van der Waals surface area contributed by atoms with Gasteiger partial charge in [-0.3, -0.25) is 0 Å². The quantitative estimate of drug-likeness (QED) is 0.844. The maximum Gasteiger partial charge on any atom is 0.387 e. The summed E-state index contributed by atoms with van der Waals surface area (Å²) < 4.78 is 34.6. The van der Waals surface area contributed by atoms with Gasteiger partial charge in [0, 0.05) is 23.6 Å². The second-order valence-corrected chi connectivity index (χ2v) is 4.74. The molecule has 1 N–H and O–H groups in total. The molecule has 0 unspecified atom stereocenters. The van der Waals surface area contributed by atoms with E-state index in [1.54, 1.807) is 12.3 Å². The van der Waals surface area contributed by atoms with Gasteiger partial charge in [0.15, 0.2) is 0 Å². The van der Waals surface area contributed by atoms with E-state index in [4.69, 9.17) is 16.0 Å². The standard InChI is InChI=1S/C14H15ClF2N2O2/c1-2-11-7-19-13(20-11)8-18-6-9-5-10(15)3-4-12(9)21-14(16)17/h3-5,7,14,18H,2,6,8H2,1H3. The van der Waals surface area contributed by atoms with Gasteiger partial charge in [-0.25, -0.2) is 4.98 Å². The van der Waals surface area contributed by atoms with E-state index in [1.165, 1.54) is 12.1 Å². The van der Waals surface area contributed by atoms with E-state index < -0.39 is 6.61 Å². The molecule has 0 bridgehead atoms. The summed E-state index contributed by atoms with van der Waals surface area (Å²) in [5.74, 6) is 1.45. The van der Waals surface area contributed by atoms with Gasteiger partial charge in [0.1, 0.15) is 11.5 Å². The van der Waals surface area contributed by atoms with Gasteiger partial charge in [0.05, 0.1) is 12.7 Å². The summed E-state index contributed by atoms with van der Waals surface area (Å²) in [4.78, 5) is 4.10. The zero-order valence-electron chi connectivity index (χ0n) is 11.4. The molecule has 21 heavy (non-hydrogen) atoms. The largest absolute Gasteiger partial charge is 0.444 e. The first kappa shape index (κ1) is 15.7. The predicted molar refractivity (Wildman–Crippen MR) is 74.5 cm³/mol. The van der Waals surface area contributed by atoms with Crippen LogP contribution in [0.15, 0.2) is 28.8 Å². The molecule has 0 aliphatic rings. The number of aromatic nitrogens is 1. The molecular formula is C14H15ClF2N2O2. The summed E-state index contributed by atoms with van der Waals surface area (Å²) in [5.41, 5.74) is 0.546. The molecule has 0 spiro atoms. The summed E-state index contributed by atoms with van der Waals surface area (Å²) in [5, 5.41) is 3.51. The van der Waals surface area contributed by atoms with Crippen molar-refractivity contribution in [1.82, 2.24) is 10.3 Å². The molecule has 1 heterocycles. The molecule has 1 aromatic carbocycles. The van der Waals surface area contributed by atoms with E-state index in [0.29, 0.717) is 29.6 Å². The van der Waals surface area contributed by atoms with Crippen molar-refractivity contribution in [2.45, 2.75) is 33.0 Å². The third-order valence-electron chi connectivity index (χ3n) is 2.78. The number of alkyl halides is 2. The Hall–Kier alpha value is -1.66. The molecule has 0 radical (unpaired) electrons. The van der Waals surface area contributed by atoms with Gasteiger partial charge >= 0.3 is 6.61 Å². The van der Waals surface area contributed by atoms with Gasteiger partial charge in [0.25, 0.3) is 0 Å². The fourth-order valence-electron chi connectivity index (χ4n) is 1.79. The van der Waals surface area contributed by atoms with E-state index in [9.17, 15) is 8.78 Å². The lowest BCUT2D eigenvalue weighted by atomic mass is 10.2. The van der Waals surface area contributed by atoms with E-state index in [2.05, 4.69) is 15.0 Å². The van der Waals surface area contributed by atoms with Crippen LogP contribution < -0.4 is 10.1 Å². The SMILES string of the molecule is CCc1cnc(CNCc2cc(Cl)ccc2OC(F)F)o1. The monoisotopic (exact) mass is 316 g/mol. The van der Waals surface area contributed by atoms with Crippen LogP contribution in [0.3, 0.4) is 0 Å². The fourth-order valence-corrected chi connectivity index (χ4v) is 1.99. The highest BCUT2D eigenvalue weighted by Crippen LogP contribution is 2.24. The second-order valence-electron chi connectivity index (χ2n) is 4.31. The van der Waals surface area contributed by atoms with Crippen molar-refractivity contribution in [3.05, 3.63) is 46.6 Å². The Labute approximate surface area is 126 Å². The van der Waals surface area contributed by atoms with Crippen molar-refractivity contribution in [2.24, 2.45) is 0 Å². The first-order chi connectivity index (χ1) is 10.1. The Morgan fingerprint density at radius 1 is 1.38 bits per heavy atom. The Kier molecular flexibility index (Phi) is 5.52. The number of oxazole rings is 1. The highest BCUT2D eigenvalue weighted by atomic mass is 35.5. The van der Waals surface area contributed by atoms with Crippen LogP contribution in [-0.4, -0.2) is 11.6 Å². The van der Waals surface area contributed by atoms with E-state index in [0.717, 1.165) is 12.2 Å². The van der Waals surface area contributed by atoms with E-state index in [1.807, 2.05) is 6.92 Å². The number of hydrogen-bond donors (Lipinski definition) is 1. The molecule has 1 aromatic heterocycles. The molecule has 0 saturated carbocycles. The number of hydrogen-bond acceptors (Lipinski definition) is 4. The lowest BCUT2D eigenvalue weighted by molar-refractivity contribution is -0.0505. The minimum absolute atomic E-state index is 0.101. The predicted octanol–water partition coefficient (Wildman–Crippen LogP) is 3.78. The number of rotatable bonds is 7. The summed E-state index contributed by atoms with van der Waals surface area (Å²) in [6, 6.07) is 4.51. The van der Waals surface area contributed by atoms with Crippen LogP contribution >= 0.6 is 11.6 Å². The van der Waals surface area contributed by atoms with Gasteiger partial charge in [0.2, 0.25) is 5.89 Å². The van der Waals surface area contributed by atoms with Gasteiger partial charge in [-0.1, -0.05) is 18.5 Å². The van der Waals surface area contributed by atoms with Crippen LogP contribution in [-0.2, 0) is 19.5 Å². The average molecular weight is 317 g/mol. The minimum Gasteiger partial charge on any atom is -0.444 e. The fraction of sp³-hybridized carbons (Fsp3) is 0.357. The number of aryl methyl sites for hydroxylation is 1. The molecule has 4 nitrogen and oxygen atoms in total. The molecule has 0 saturated heterocycles. The first-order valence-electron chi connectivity index (χ1n) is 6.46. The van der Waals surface area contributed by atoms with Gasteiger partial charge in [-0.2, -0.15) is 8.78 Å². The number of ether oxygens (including phenoxy) is 1. The Balaban J connectivity index is 1.96. The van der Waals surface area contributed by atoms with Gasteiger partial charge < -0.3 is 14.5 Å². The van der Waals surface area contributed by atoms with Crippen LogP contribution in [0.1, 0.15) is 24.1 Å². The zero-order chi connectivity index (χ0) is 15.2. The maximum absolute atomic E-state index is 12.3. The van der Waals surface area contributed by atoms with Crippen molar-refractivity contribution in [1.29, 1.82) is 0 Å². The number of nitrogens with one attached hydrogen (secondary N) is 1. The van der Waals surface area contributed by atoms with Crippen LogP contribution in [0.4, 0.5) is 8.78 Å². The van der Waals surface area contributed by atoms with Crippen molar-refractivity contribution in [3.8, 4) is 5.75 Å². The highest BCUT2D eigenvalue weighted by Gasteiger charge is 2.10. The van der Waals surface area contributed by atoms with Crippen LogP contribution in [0, 0.1) is 0 Å². The molecule has 0 amide bonds. The van der Waals surface area contributed by atoms with Crippen molar-refractivity contribution >= 4 is 11.6 Å². The second kappa shape index (κ2) is 7.38. The third kappa shape index (κ3) is 4.68. The molecule has 2 rings (SSSR count). The number of halogens is 3. The number of benzene rings is 1. The minimum atomic E-state index is -2.87. The highest BCUT2D eigenvalue weighted by molar-refractivity contribution is 6.30. The topological polar surface area (TPSA) is 47.3 Å². The van der Waals surface area contributed by atoms with Crippen molar-refractivity contribution in [3.63, 3.8) is 0 Å². The van der Waals surface area contributed by atoms with Crippen molar-refractivity contribution < 1.29 is 17.9 Å².